The van der Waals surface area contributed by atoms with E-state index >= 15 is 0 Å². The average Bonchev–Trinajstić information content (AvgIpc) is 3.41. The maximum Gasteiger partial charge on any atom is 0.407 e. The lowest BCUT2D eigenvalue weighted by Crippen LogP contribution is -2.47. The second-order valence-electron chi connectivity index (χ2n) is 9.27. The quantitative estimate of drug-likeness (QED) is 0.549. The Kier molecular flexibility index (Phi) is 6.08. The van der Waals surface area contributed by atoms with Crippen LogP contribution in [0.25, 0.3) is 16.8 Å². The zero-order valence-electron chi connectivity index (χ0n) is 19.2. The van der Waals surface area contributed by atoms with Gasteiger partial charge in [0.25, 0.3) is 0 Å². The van der Waals surface area contributed by atoms with Crippen molar-refractivity contribution < 1.29 is 9.53 Å². The van der Waals surface area contributed by atoms with Crippen LogP contribution in [0.15, 0.2) is 30.6 Å². The molecule has 180 valence electrons. The number of fused-ring (bicyclic) bond motifs is 1. The van der Waals surface area contributed by atoms with Crippen LogP contribution in [-0.2, 0) is 4.74 Å². The molecule has 3 N–H and O–H groups in total. The van der Waals surface area contributed by atoms with E-state index in [1.807, 2.05) is 29.7 Å². The molecule has 1 amide bonds. The fourth-order valence-electron chi connectivity index (χ4n) is 5.56. The molecule has 1 saturated carbocycles. The summed E-state index contributed by atoms with van der Waals surface area (Å²) in [6.45, 7) is 3.61. The summed E-state index contributed by atoms with van der Waals surface area (Å²) in [5.41, 5.74) is 9.87. The molecule has 34 heavy (non-hydrogen) atoms. The lowest BCUT2D eigenvalue weighted by atomic mass is 9.74. The summed E-state index contributed by atoms with van der Waals surface area (Å²) < 4.78 is 7.54. The molecule has 5 rings (SSSR count). The molecule has 0 radical (unpaired) electrons. The van der Waals surface area contributed by atoms with E-state index in [2.05, 4.69) is 15.2 Å². The number of hydrogen-bond acceptors (Lipinski definition) is 6. The van der Waals surface area contributed by atoms with Crippen LogP contribution in [0.4, 0.5) is 10.7 Å². The number of alkyl carbamates (subject to hydrolysis) is 1. The highest BCUT2D eigenvalue weighted by molar-refractivity contribution is 6.43. The molecule has 1 aliphatic carbocycles. The van der Waals surface area contributed by atoms with Gasteiger partial charge in [-0.2, -0.15) is 0 Å². The number of amides is 1. The molecule has 2 fully saturated rings. The lowest BCUT2D eigenvalue weighted by Gasteiger charge is -2.42. The standard InChI is InChI=1S/C24H28Cl2N6O2/c1-14-19(16-4-3-5-17(25)20(16)26)21-29-8-11-32(21)22(30-14)31-9-6-24(7-10-31)13-15(12-18(24)27)34-23(33)28-2/h3-5,8,11,15,18H,6-7,9-10,12-13,27H2,1-2H3,(H,28,33)/t15-,18+/m0/s1. The van der Waals surface area contributed by atoms with E-state index in [4.69, 9.17) is 38.7 Å². The number of benzene rings is 1. The number of anilines is 1. The van der Waals surface area contributed by atoms with Gasteiger partial charge in [0.1, 0.15) is 11.8 Å². The minimum atomic E-state index is -0.395. The maximum atomic E-state index is 11.7. The maximum absolute atomic E-state index is 11.7. The van der Waals surface area contributed by atoms with Crippen LogP contribution < -0.4 is 16.0 Å². The molecule has 2 aromatic heterocycles. The summed E-state index contributed by atoms with van der Waals surface area (Å²) in [4.78, 5) is 23.6. The second kappa shape index (κ2) is 8.91. The van der Waals surface area contributed by atoms with Gasteiger partial charge in [-0.1, -0.05) is 35.3 Å². The first-order chi connectivity index (χ1) is 16.3. The number of rotatable bonds is 3. The van der Waals surface area contributed by atoms with Crippen LogP contribution in [0.3, 0.4) is 0 Å². The van der Waals surface area contributed by atoms with Gasteiger partial charge in [-0.3, -0.25) is 4.40 Å². The third kappa shape index (κ3) is 3.87. The first-order valence-corrected chi connectivity index (χ1v) is 12.3. The Morgan fingerprint density at radius 1 is 1.29 bits per heavy atom. The second-order valence-corrected chi connectivity index (χ2v) is 10.1. The first-order valence-electron chi connectivity index (χ1n) is 11.5. The van der Waals surface area contributed by atoms with Crippen molar-refractivity contribution in [2.75, 3.05) is 25.0 Å². The third-order valence-corrected chi connectivity index (χ3v) is 8.21. The SMILES string of the molecule is CNC(=O)O[C@H]1C[C@@H](N)C2(CCN(c3nc(C)c(-c4cccc(Cl)c4Cl)c4nccn34)CC2)C1. The summed E-state index contributed by atoms with van der Waals surface area (Å²) in [6, 6.07) is 5.61. The van der Waals surface area contributed by atoms with Gasteiger partial charge in [-0.25, -0.2) is 14.8 Å². The van der Waals surface area contributed by atoms with E-state index < -0.39 is 6.09 Å². The van der Waals surface area contributed by atoms with Crippen molar-refractivity contribution >= 4 is 40.9 Å². The topological polar surface area (TPSA) is 97.8 Å². The molecule has 1 saturated heterocycles. The Labute approximate surface area is 208 Å². The van der Waals surface area contributed by atoms with Gasteiger partial charge in [0, 0.05) is 56.1 Å². The van der Waals surface area contributed by atoms with Crippen LogP contribution >= 0.6 is 23.2 Å². The highest BCUT2D eigenvalue weighted by Crippen LogP contribution is 2.47. The number of nitrogens with two attached hydrogens (primary N) is 1. The van der Waals surface area contributed by atoms with Gasteiger partial charge >= 0.3 is 6.09 Å². The van der Waals surface area contributed by atoms with Crippen molar-refractivity contribution in [3.63, 3.8) is 0 Å². The number of imidazole rings is 1. The smallest absolute Gasteiger partial charge is 0.407 e. The van der Waals surface area contributed by atoms with E-state index in [1.165, 1.54) is 0 Å². The highest BCUT2D eigenvalue weighted by Gasteiger charge is 2.48. The van der Waals surface area contributed by atoms with Crippen molar-refractivity contribution in [3.8, 4) is 11.1 Å². The zero-order chi connectivity index (χ0) is 24.0. The van der Waals surface area contributed by atoms with Crippen LogP contribution in [-0.4, -0.2) is 52.7 Å². The van der Waals surface area contributed by atoms with Gasteiger partial charge in [0.2, 0.25) is 5.95 Å². The molecule has 1 aromatic carbocycles. The van der Waals surface area contributed by atoms with Gasteiger partial charge in [-0.15, -0.1) is 0 Å². The molecular formula is C24H28Cl2N6O2. The number of aromatic nitrogens is 3. The molecular weight excluding hydrogens is 475 g/mol. The van der Waals surface area contributed by atoms with E-state index in [9.17, 15) is 4.79 Å². The van der Waals surface area contributed by atoms with Crippen molar-refractivity contribution in [1.82, 2.24) is 19.7 Å². The molecule has 2 aliphatic rings. The number of hydrogen-bond donors (Lipinski definition) is 2. The molecule has 0 unspecified atom stereocenters. The molecule has 2 atom stereocenters. The van der Waals surface area contributed by atoms with Gasteiger partial charge in [0.05, 0.1) is 15.7 Å². The summed E-state index contributed by atoms with van der Waals surface area (Å²) in [5.74, 6) is 0.853. The normalized spacial score (nSPS) is 21.9. The monoisotopic (exact) mass is 502 g/mol. The van der Waals surface area contributed by atoms with Crippen molar-refractivity contribution in [2.24, 2.45) is 11.1 Å². The van der Waals surface area contributed by atoms with Crippen LogP contribution in [0, 0.1) is 12.3 Å². The molecule has 8 nitrogen and oxygen atoms in total. The van der Waals surface area contributed by atoms with Gasteiger partial charge in [-0.05, 0) is 37.7 Å². The molecule has 3 aromatic rings. The predicted molar refractivity (Wildman–Crippen MR) is 134 cm³/mol. The molecule has 1 spiro atoms. The van der Waals surface area contributed by atoms with Gasteiger partial charge < -0.3 is 20.7 Å². The van der Waals surface area contributed by atoms with E-state index in [0.29, 0.717) is 16.5 Å². The van der Waals surface area contributed by atoms with E-state index in [0.717, 1.165) is 60.8 Å². The highest BCUT2D eigenvalue weighted by atomic mass is 35.5. The Morgan fingerprint density at radius 2 is 2.06 bits per heavy atom. The fraction of sp³-hybridized carbons (Fsp3) is 0.458. The van der Waals surface area contributed by atoms with E-state index in [1.54, 1.807) is 19.3 Å². The number of carbonyl (C=O) groups is 1. The molecule has 10 heteroatoms. The largest absolute Gasteiger partial charge is 0.446 e. The Balaban J connectivity index is 1.41. The minimum absolute atomic E-state index is 0.0135. The summed E-state index contributed by atoms with van der Waals surface area (Å²) in [6.07, 6.45) is 6.51. The Hall–Kier alpha value is -2.55. The van der Waals surface area contributed by atoms with E-state index in [-0.39, 0.29) is 17.6 Å². The van der Waals surface area contributed by atoms with Crippen molar-refractivity contribution in [1.29, 1.82) is 0 Å². The predicted octanol–water partition coefficient (Wildman–Crippen LogP) is 4.44. The minimum Gasteiger partial charge on any atom is -0.446 e. The molecule has 1 aliphatic heterocycles. The number of piperidine rings is 1. The lowest BCUT2D eigenvalue weighted by molar-refractivity contribution is 0.0899. The van der Waals surface area contributed by atoms with Crippen LogP contribution in [0.2, 0.25) is 10.0 Å². The van der Waals surface area contributed by atoms with Gasteiger partial charge in [0.15, 0.2) is 0 Å². The first kappa shape index (κ1) is 23.2. The number of carbonyl (C=O) groups excluding carboxylic acids is 1. The average molecular weight is 503 g/mol. The summed E-state index contributed by atoms with van der Waals surface area (Å²) in [5, 5.41) is 3.52. The summed E-state index contributed by atoms with van der Waals surface area (Å²) in [7, 11) is 1.57. The number of nitrogens with one attached hydrogen (secondary N) is 1. The van der Waals surface area contributed by atoms with Crippen molar-refractivity contribution in [3.05, 3.63) is 46.3 Å². The molecule has 3 heterocycles. The number of aryl methyl sites for hydroxylation is 1. The Morgan fingerprint density at radius 3 is 2.79 bits per heavy atom. The number of halogens is 2. The zero-order valence-corrected chi connectivity index (χ0v) is 20.7. The van der Waals surface area contributed by atoms with Crippen LogP contribution in [0.5, 0.6) is 0 Å². The number of nitrogens with zero attached hydrogens (tertiary/aromatic N) is 4. The fourth-order valence-corrected chi connectivity index (χ4v) is 5.95. The summed E-state index contributed by atoms with van der Waals surface area (Å²) >= 11 is 12.8. The Bertz CT molecular complexity index is 1240. The third-order valence-electron chi connectivity index (χ3n) is 7.39. The van der Waals surface area contributed by atoms with Crippen LogP contribution in [0.1, 0.15) is 31.4 Å². The number of ether oxygens (including phenoxy) is 1. The molecule has 0 bridgehead atoms. The van der Waals surface area contributed by atoms with Crippen molar-refractivity contribution in [2.45, 2.75) is 44.8 Å².